The fraction of sp³-hybridized carbons (Fsp3) is 0.650. The van der Waals surface area contributed by atoms with Crippen molar-refractivity contribution in [1.29, 1.82) is 0 Å². The smallest absolute Gasteiger partial charge is 0.373 e. The summed E-state index contributed by atoms with van der Waals surface area (Å²) in [6, 6.07) is 3.68. The van der Waals surface area contributed by atoms with Gasteiger partial charge in [-0.1, -0.05) is 0 Å². The number of hydrogen-bond acceptors (Lipinski definition) is 5. The number of hydrogen-bond donors (Lipinski definition) is 1. The molecular formula is C20H29F3N4O4S. The molecule has 3 rings (SSSR count). The van der Waals surface area contributed by atoms with E-state index in [0.717, 1.165) is 12.1 Å². The van der Waals surface area contributed by atoms with Crippen LogP contribution in [0.2, 0.25) is 0 Å². The monoisotopic (exact) mass is 478 g/mol. The van der Waals surface area contributed by atoms with Crippen LogP contribution in [-0.4, -0.2) is 85.4 Å². The minimum Gasteiger partial charge on any atom is -0.373 e. The average molecular weight is 479 g/mol. The number of rotatable bonds is 5. The van der Waals surface area contributed by atoms with E-state index < -0.39 is 28.0 Å². The van der Waals surface area contributed by atoms with Crippen LogP contribution in [-0.2, 0) is 25.9 Å². The number of piperazine rings is 1. The van der Waals surface area contributed by atoms with Crippen molar-refractivity contribution in [3.63, 3.8) is 0 Å². The maximum Gasteiger partial charge on any atom is 0.416 e. The lowest BCUT2D eigenvalue weighted by atomic mass is 10.2. The Labute approximate surface area is 186 Å². The number of halogens is 3. The minimum absolute atomic E-state index is 0.177. The zero-order chi connectivity index (χ0) is 23.7. The molecule has 2 aliphatic rings. The number of benzene rings is 1. The second-order valence-electron chi connectivity index (χ2n) is 8.26. The molecule has 0 bridgehead atoms. The molecule has 2 fully saturated rings. The van der Waals surface area contributed by atoms with Gasteiger partial charge >= 0.3 is 6.18 Å². The Morgan fingerprint density at radius 1 is 1.03 bits per heavy atom. The summed E-state index contributed by atoms with van der Waals surface area (Å²) >= 11 is 0. The van der Waals surface area contributed by atoms with Gasteiger partial charge in [-0.3, -0.25) is 9.69 Å². The molecule has 0 radical (unpaired) electrons. The van der Waals surface area contributed by atoms with Gasteiger partial charge in [0.2, 0.25) is 5.91 Å². The van der Waals surface area contributed by atoms with Crippen molar-refractivity contribution < 1.29 is 31.1 Å². The predicted octanol–water partition coefficient (Wildman–Crippen LogP) is 2.00. The summed E-state index contributed by atoms with van der Waals surface area (Å²) in [5.74, 6) is -0.364. The van der Waals surface area contributed by atoms with E-state index in [9.17, 15) is 26.4 Å². The molecule has 1 aromatic carbocycles. The van der Waals surface area contributed by atoms with Gasteiger partial charge in [0.1, 0.15) is 0 Å². The van der Waals surface area contributed by atoms with Gasteiger partial charge in [0, 0.05) is 45.0 Å². The highest BCUT2D eigenvalue weighted by Crippen LogP contribution is 2.30. The number of nitrogens with one attached hydrogen (secondary N) is 1. The highest BCUT2D eigenvalue weighted by molar-refractivity contribution is 7.86. The van der Waals surface area contributed by atoms with Gasteiger partial charge in [-0.25, -0.2) is 0 Å². The van der Waals surface area contributed by atoms with Gasteiger partial charge in [-0.05, 0) is 45.0 Å². The molecule has 3 atom stereocenters. The van der Waals surface area contributed by atoms with Crippen LogP contribution in [0.25, 0.3) is 0 Å². The highest BCUT2D eigenvalue weighted by Gasteiger charge is 2.38. The lowest BCUT2D eigenvalue weighted by Crippen LogP contribution is -2.58. The van der Waals surface area contributed by atoms with E-state index in [1.54, 1.807) is 6.92 Å². The SMILES string of the molecule is CC1CN(S(=O)(=O)N2CCN(C(C)C(=O)Nc3ccc(C(F)(F)F)cc3)CC2)CC(C)O1. The first kappa shape index (κ1) is 24.9. The van der Waals surface area contributed by atoms with E-state index in [-0.39, 0.29) is 36.9 Å². The Morgan fingerprint density at radius 3 is 2.06 bits per heavy atom. The Morgan fingerprint density at radius 2 is 1.56 bits per heavy atom. The van der Waals surface area contributed by atoms with Crippen LogP contribution in [0, 0.1) is 0 Å². The standard InChI is InChI=1S/C20H29F3N4O4S/c1-14-12-27(13-15(2)31-14)32(29,30)26-10-8-25(9-11-26)16(3)19(28)24-18-6-4-17(5-7-18)20(21,22)23/h4-7,14-16H,8-13H2,1-3H3,(H,24,28). The summed E-state index contributed by atoms with van der Waals surface area (Å²) < 4.78 is 72.5. The molecular weight excluding hydrogens is 449 g/mol. The summed E-state index contributed by atoms with van der Waals surface area (Å²) in [4.78, 5) is 14.4. The molecule has 1 amide bonds. The summed E-state index contributed by atoms with van der Waals surface area (Å²) in [7, 11) is -3.62. The highest BCUT2D eigenvalue weighted by atomic mass is 32.2. The van der Waals surface area contributed by atoms with Gasteiger partial charge in [0.25, 0.3) is 10.2 Å². The lowest BCUT2D eigenvalue weighted by Gasteiger charge is -2.41. The van der Waals surface area contributed by atoms with Gasteiger partial charge < -0.3 is 10.1 Å². The molecule has 8 nitrogen and oxygen atoms in total. The number of carbonyl (C=O) groups excluding carboxylic acids is 1. The van der Waals surface area contributed by atoms with Crippen molar-refractivity contribution in [3.8, 4) is 0 Å². The average Bonchev–Trinajstić information content (AvgIpc) is 2.72. The Hall–Kier alpha value is -1.73. The first-order valence-electron chi connectivity index (χ1n) is 10.5. The summed E-state index contributed by atoms with van der Waals surface area (Å²) in [5.41, 5.74) is -0.517. The van der Waals surface area contributed by atoms with Gasteiger partial charge in [-0.2, -0.15) is 30.2 Å². The molecule has 1 aromatic rings. The second-order valence-corrected chi connectivity index (χ2v) is 10.2. The number of ether oxygens (including phenoxy) is 1. The van der Waals surface area contributed by atoms with Gasteiger partial charge in [-0.15, -0.1) is 0 Å². The van der Waals surface area contributed by atoms with Crippen molar-refractivity contribution in [2.45, 2.75) is 45.2 Å². The van der Waals surface area contributed by atoms with E-state index in [4.69, 9.17) is 4.74 Å². The van der Waals surface area contributed by atoms with Gasteiger partial charge in [0.05, 0.1) is 23.8 Å². The fourth-order valence-electron chi connectivity index (χ4n) is 3.96. The van der Waals surface area contributed by atoms with Crippen molar-refractivity contribution in [3.05, 3.63) is 29.8 Å². The van der Waals surface area contributed by atoms with E-state index >= 15 is 0 Å². The number of alkyl halides is 3. The Kier molecular flexibility index (Phi) is 7.50. The molecule has 2 aliphatic heterocycles. The van der Waals surface area contributed by atoms with Crippen LogP contribution >= 0.6 is 0 Å². The normalized spacial score (nSPS) is 25.4. The van der Waals surface area contributed by atoms with Crippen LogP contribution in [0.4, 0.5) is 18.9 Å². The van der Waals surface area contributed by atoms with Crippen LogP contribution in [0.5, 0.6) is 0 Å². The minimum atomic E-state index is -4.44. The maximum absolute atomic E-state index is 13.0. The van der Waals surface area contributed by atoms with Crippen LogP contribution < -0.4 is 5.32 Å². The number of amides is 1. The first-order valence-corrected chi connectivity index (χ1v) is 11.9. The third-order valence-electron chi connectivity index (χ3n) is 5.72. The molecule has 32 heavy (non-hydrogen) atoms. The van der Waals surface area contributed by atoms with E-state index in [1.807, 2.05) is 18.7 Å². The predicted molar refractivity (Wildman–Crippen MR) is 113 cm³/mol. The molecule has 12 heteroatoms. The molecule has 2 saturated heterocycles. The molecule has 0 saturated carbocycles. The Balaban J connectivity index is 1.54. The van der Waals surface area contributed by atoms with E-state index in [0.29, 0.717) is 26.2 Å². The summed E-state index contributed by atoms with van der Waals surface area (Å²) in [6.07, 6.45) is -4.79. The molecule has 3 unspecified atom stereocenters. The molecule has 0 aromatic heterocycles. The fourth-order valence-corrected chi connectivity index (χ4v) is 5.71. The number of nitrogens with zero attached hydrogens (tertiary/aromatic N) is 3. The largest absolute Gasteiger partial charge is 0.416 e. The van der Waals surface area contributed by atoms with Crippen molar-refractivity contribution in [1.82, 2.24) is 13.5 Å². The number of carbonyl (C=O) groups is 1. The number of anilines is 1. The molecule has 0 spiro atoms. The third-order valence-corrected chi connectivity index (χ3v) is 7.69. The van der Waals surface area contributed by atoms with Crippen LogP contribution in [0.15, 0.2) is 24.3 Å². The number of morpholine rings is 1. The zero-order valence-corrected chi connectivity index (χ0v) is 19.1. The van der Waals surface area contributed by atoms with Crippen molar-refractivity contribution in [2.24, 2.45) is 0 Å². The van der Waals surface area contributed by atoms with Crippen LogP contribution in [0.1, 0.15) is 26.3 Å². The molecule has 1 N–H and O–H groups in total. The second kappa shape index (κ2) is 9.64. The molecule has 2 heterocycles. The maximum atomic E-state index is 13.0. The van der Waals surface area contributed by atoms with Gasteiger partial charge in [0.15, 0.2) is 0 Å². The molecule has 0 aliphatic carbocycles. The van der Waals surface area contributed by atoms with Crippen molar-refractivity contribution >= 4 is 21.8 Å². The molecule has 180 valence electrons. The third kappa shape index (κ3) is 5.79. The van der Waals surface area contributed by atoms with E-state index in [1.165, 1.54) is 20.7 Å². The van der Waals surface area contributed by atoms with Crippen molar-refractivity contribution in [2.75, 3.05) is 44.6 Å². The Bertz CT molecular complexity index is 892. The summed E-state index contributed by atoms with van der Waals surface area (Å²) in [6.45, 7) is 7.22. The summed E-state index contributed by atoms with van der Waals surface area (Å²) in [5, 5.41) is 2.62. The first-order chi connectivity index (χ1) is 14.9. The van der Waals surface area contributed by atoms with Crippen LogP contribution in [0.3, 0.4) is 0 Å². The van der Waals surface area contributed by atoms with E-state index in [2.05, 4.69) is 5.32 Å². The quantitative estimate of drug-likeness (QED) is 0.700. The lowest BCUT2D eigenvalue weighted by molar-refractivity contribution is -0.137. The topological polar surface area (TPSA) is 82.2 Å². The zero-order valence-electron chi connectivity index (χ0n) is 18.3.